The van der Waals surface area contributed by atoms with Gasteiger partial charge in [0.1, 0.15) is 5.75 Å². The van der Waals surface area contributed by atoms with Crippen LogP contribution in [0.4, 0.5) is 5.69 Å². The van der Waals surface area contributed by atoms with Crippen molar-refractivity contribution < 1.29 is 23.9 Å². The Morgan fingerprint density at radius 3 is 2.42 bits per heavy atom. The van der Waals surface area contributed by atoms with Crippen molar-refractivity contribution in [1.29, 1.82) is 0 Å². The maximum absolute atomic E-state index is 11.5. The topological polar surface area (TPSA) is 87.9 Å². The Hall–Kier alpha value is -3.09. The van der Waals surface area contributed by atoms with Gasteiger partial charge in [0.2, 0.25) is 0 Å². The molecule has 0 spiro atoms. The maximum Gasteiger partial charge on any atom is 0.338 e. The van der Waals surface area contributed by atoms with Crippen molar-refractivity contribution in [3.05, 3.63) is 63.7 Å². The first-order valence-electron chi connectivity index (χ1n) is 7.17. The summed E-state index contributed by atoms with van der Waals surface area (Å²) < 4.78 is 15.1. The summed E-state index contributed by atoms with van der Waals surface area (Å²) in [5.74, 6) is 0.234. The van der Waals surface area contributed by atoms with Gasteiger partial charge in [0.25, 0.3) is 0 Å². The minimum atomic E-state index is -0.636. The molecular formula is C17H17NO6. The molecule has 2 aromatic carbocycles. The van der Waals surface area contributed by atoms with E-state index < -0.39 is 10.9 Å². The highest BCUT2D eigenvalue weighted by molar-refractivity contribution is 5.90. The molecule has 0 aliphatic heterocycles. The van der Waals surface area contributed by atoms with Crippen LogP contribution in [-0.4, -0.2) is 31.7 Å². The monoisotopic (exact) mass is 331 g/mol. The average molecular weight is 331 g/mol. The lowest BCUT2D eigenvalue weighted by molar-refractivity contribution is -0.385. The van der Waals surface area contributed by atoms with E-state index in [4.69, 9.17) is 9.47 Å². The van der Waals surface area contributed by atoms with E-state index in [1.165, 1.54) is 19.2 Å². The first kappa shape index (κ1) is 17.3. The molecular weight excluding hydrogens is 314 g/mol. The van der Waals surface area contributed by atoms with Crippen molar-refractivity contribution in [2.75, 3.05) is 20.8 Å². The summed E-state index contributed by atoms with van der Waals surface area (Å²) in [6.45, 7) is 0.269. The number of carbonyl (C=O) groups excluding carboxylic acids is 1. The third kappa shape index (κ3) is 4.22. The van der Waals surface area contributed by atoms with E-state index in [1.54, 1.807) is 7.11 Å². The van der Waals surface area contributed by atoms with E-state index in [1.807, 2.05) is 24.3 Å². The van der Waals surface area contributed by atoms with Gasteiger partial charge in [-0.1, -0.05) is 12.1 Å². The van der Waals surface area contributed by atoms with Crippen molar-refractivity contribution in [3.63, 3.8) is 0 Å². The van der Waals surface area contributed by atoms with Crippen LogP contribution >= 0.6 is 0 Å². The number of nitro benzene ring substituents is 1. The fourth-order valence-corrected chi connectivity index (χ4v) is 2.10. The summed E-state index contributed by atoms with van der Waals surface area (Å²) in [5, 5.41) is 11.1. The van der Waals surface area contributed by atoms with Crippen LogP contribution in [0.5, 0.6) is 11.5 Å². The smallest absolute Gasteiger partial charge is 0.338 e. The Morgan fingerprint density at radius 2 is 1.83 bits per heavy atom. The lowest BCUT2D eigenvalue weighted by Gasteiger charge is -2.08. The molecule has 0 unspecified atom stereocenters. The molecule has 2 aromatic rings. The molecule has 0 aromatic heterocycles. The van der Waals surface area contributed by atoms with Crippen LogP contribution in [0.3, 0.4) is 0 Å². The van der Waals surface area contributed by atoms with Crippen molar-refractivity contribution >= 4 is 11.7 Å². The number of nitro groups is 1. The SMILES string of the molecule is COC(=O)c1ccc(OCCc2ccc(OC)cc2)c([N+](=O)[O-])c1. The van der Waals surface area contributed by atoms with Crippen LogP contribution in [-0.2, 0) is 11.2 Å². The number of methoxy groups -OCH3 is 2. The molecule has 0 atom stereocenters. The fourth-order valence-electron chi connectivity index (χ4n) is 2.10. The number of ether oxygens (including phenoxy) is 3. The number of benzene rings is 2. The molecule has 0 bridgehead atoms. The van der Waals surface area contributed by atoms with Gasteiger partial charge in [-0.15, -0.1) is 0 Å². The summed E-state index contributed by atoms with van der Waals surface area (Å²) >= 11 is 0. The zero-order valence-corrected chi connectivity index (χ0v) is 13.4. The van der Waals surface area contributed by atoms with Gasteiger partial charge in [0, 0.05) is 12.5 Å². The lowest BCUT2D eigenvalue weighted by Crippen LogP contribution is -2.06. The zero-order chi connectivity index (χ0) is 17.5. The van der Waals surface area contributed by atoms with Crippen LogP contribution in [0.25, 0.3) is 0 Å². The number of rotatable bonds is 7. The molecule has 2 rings (SSSR count). The van der Waals surface area contributed by atoms with Gasteiger partial charge in [-0.05, 0) is 29.8 Å². The van der Waals surface area contributed by atoms with Crippen LogP contribution in [0.2, 0.25) is 0 Å². The van der Waals surface area contributed by atoms with E-state index in [0.717, 1.165) is 17.4 Å². The van der Waals surface area contributed by atoms with Crippen LogP contribution in [0.1, 0.15) is 15.9 Å². The molecule has 0 amide bonds. The summed E-state index contributed by atoms with van der Waals surface area (Å²) in [7, 11) is 2.81. The lowest BCUT2D eigenvalue weighted by atomic mass is 10.1. The Labute approximate surface area is 138 Å². The van der Waals surface area contributed by atoms with Crippen molar-refractivity contribution in [1.82, 2.24) is 0 Å². The number of hydrogen-bond donors (Lipinski definition) is 0. The standard InChI is InChI=1S/C17H17NO6/c1-22-14-6-3-12(4-7-14)9-10-24-16-8-5-13(17(19)23-2)11-15(16)18(20)21/h3-8,11H,9-10H2,1-2H3. The highest BCUT2D eigenvalue weighted by atomic mass is 16.6. The molecule has 0 N–H and O–H groups in total. The second kappa shape index (κ2) is 7.96. The van der Waals surface area contributed by atoms with Crippen LogP contribution < -0.4 is 9.47 Å². The Morgan fingerprint density at radius 1 is 1.12 bits per heavy atom. The molecule has 0 heterocycles. The number of esters is 1. The summed E-state index contributed by atoms with van der Waals surface area (Å²) in [6, 6.07) is 11.5. The second-order valence-corrected chi connectivity index (χ2v) is 4.88. The van der Waals surface area contributed by atoms with E-state index >= 15 is 0 Å². The Balaban J connectivity index is 2.05. The van der Waals surface area contributed by atoms with Gasteiger partial charge in [0.05, 0.1) is 31.3 Å². The van der Waals surface area contributed by atoms with Gasteiger partial charge in [-0.2, -0.15) is 0 Å². The molecule has 0 saturated heterocycles. The third-order valence-electron chi connectivity index (χ3n) is 3.38. The molecule has 24 heavy (non-hydrogen) atoms. The molecule has 126 valence electrons. The summed E-state index contributed by atoms with van der Waals surface area (Å²) in [5.41, 5.74) is 0.851. The van der Waals surface area contributed by atoms with Gasteiger partial charge in [-0.3, -0.25) is 10.1 Å². The third-order valence-corrected chi connectivity index (χ3v) is 3.38. The van der Waals surface area contributed by atoms with Gasteiger partial charge < -0.3 is 14.2 Å². The maximum atomic E-state index is 11.5. The van der Waals surface area contributed by atoms with Gasteiger partial charge >= 0.3 is 11.7 Å². The van der Waals surface area contributed by atoms with E-state index in [9.17, 15) is 14.9 Å². The minimum absolute atomic E-state index is 0.103. The largest absolute Gasteiger partial charge is 0.497 e. The fraction of sp³-hybridized carbons (Fsp3) is 0.235. The summed E-state index contributed by atoms with van der Waals surface area (Å²) in [4.78, 5) is 22.0. The number of carbonyl (C=O) groups is 1. The predicted octanol–water partition coefficient (Wildman–Crippen LogP) is 3.01. The van der Waals surface area contributed by atoms with Crippen LogP contribution in [0, 0.1) is 10.1 Å². The van der Waals surface area contributed by atoms with Gasteiger partial charge in [-0.25, -0.2) is 4.79 Å². The highest BCUT2D eigenvalue weighted by Gasteiger charge is 2.19. The summed E-state index contributed by atoms with van der Waals surface area (Å²) in [6.07, 6.45) is 0.583. The highest BCUT2D eigenvalue weighted by Crippen LogP contribution is 2.28. The van der Waals surface area contributed by atoms with E-state index in [-0.39, 0.29) is 23.6 Å². The van der Waals surface area contributed by atoms with E-state index in [0.29, 0.717) is 6.42 Å². The molecule has 0 aliphatic carbocycles. The molecule has 7 heteroatoms. The quantitative estimate of drug-likeness (QED) is 0.440. The molecule has 0 fully saturated rings. The van der Waals surface area contributed by atoms with Crippen molar-refractivity contribution in [3.8, 4) is 11.5 Å². The molecule has 0 aliphatic rings. The number of hydrogen-bond acceptors (Lipinski definition) is 6. The Bertz CT molecular complexity index is 726. The Kier molecular flexibility index (Phi) is 5.73. The second-order valence-electron chi connectivity index (χ2n) is 4.88. The predicted molar refractivity (Wildman–Crippen MR) is 86.6 cm³/mol. The van der Waals surface area contributed by atoms with Crippen molar-refractivity contribution in [2.24, 2.45) is 0 Å². The normalized spacial score (nSPS) is 10.1. The average Bonchev–Trinajstić information content (AvgIpc) is 2.61. The molecule has 0 saturated carbocycles. The zero-order valence-electron chi connectivity index (χ0n) is 13.4. The molecule has 7 nitrogen and oxygen atoms in total. The van der Waals surface area contributed by atoms with Gasteiger partial charge in [0.15, 0.2) is 5.75 Å². The number of nitrogens with zero attached hydrogens (tertiary/aromatic N) is 1. The first-order valence-corrected chi connectivity index (χ1v) is 7.17. The minimum Gasteiger partial charge on any atom is -0.497 e. The van der Waals surface area contributed by atoms with E-state index in [2.05, 4.69) is 4.74 Å². The molecule has 0 radical (unpaired) electrons. The first-order chi connectivity index (χ1) is 11.5. The van der Waals surface area contributed by atoms with Crippen molar-refractivity contribution in [2.45, 2.75) is 6.42 Å². The van der Waals surface area contributed by atoms with Crippen LogP contribution in [0.15, 0.2) is 42.5 Å².